The third kappa shape index (κ3) is 3.49. The summed E-state index contributed by atoms with van der Waals surface area (Å²) < 4.78 is 17.6. The Labute approximate surface area is 192 Å². The van der Waals surface area contributed by atoms with E-state index in [4.69, 9.17) is 14.2 Å². The van der Waals surface area contributed by atoms with Gasteiger partial charge >= 0.3 is 0 Å². The lowest BCUT2D eigenvalue weighted by molar-refractivity contribution is -0.0130. The molecule has 0 saturated carbocycles. The van der Waals surface area contributed by atoms with Gasteiger partial charge in [0.2, 0.25) is 5.78 Å². The van der Waals surface area contributed by atoms with Crippen molar-refractivity contribution in [2.24, 2.45) is 0 Å². The second kappa shape index (κ2) is 8.01. The van der Waals surface area contributed by atoms with Crippen LogP contribution in [-0.4, -0.2) is 55.2 Å². The summed E-state index contributed by atoms with van der Waals surface area (Å²) in [4.78, 5) is 12.7. The number of ketones is 1. The molecular formula is C24H20O10. The topological polar surface area (TPSA) is 166 Å². The minimum absolute atomic E-state index is 0.0783. The highest BCUT2D eigenvalue weighted by Crippen LogP contribution is 2.45. The zero-order valence-corrected chi connectivity index (χ0v) is 17.5. The SMILES string of the molecule is O=C1c2c(O)cc(O)cc2OC(c2ccc3c(c2)OC(c2ccc(O)c(O)c2)C(CO)O3)C1O. The Morgan fingerprint density at radius 2 is 1.41 bits per heavy atom. The van der Waals surface area contributed by atoms with E-state index >= 15 is 0 Å². The third-order valence-electron chi connectivity index (χ3n) is 5.80. The van der Waals surface area contributed by atoms with Crippen LogP contribution in [0.5, 0.6) is 40.2 Å². The Morgan fingerprint density at radius 3 is 2.15 bits per heavy atom. The molecule has 0 aliphatic carbocycles. The van der Waals surface area contributed by atoms with Gasteiger partial charge in [-0.1, -0.05) is 12.1 Å². The van der Waals surface area contributed by atoms with Gasteiger partial charge in [-0.3, -0.25) is 4.79 Å². The van der Waals surface area contributed by atoms with Crippen molar-refractivity contribution in [2.45, 2.75) is 24.4 Å². The van der Waals surface area contributed by atoms with Crippen molar-refractivity contribution >= 4 is 5.78 Å². The molecular weight excluding hydrogens is 448 g/mol. The number of aromatic hydroxyl groups is 4. The number of fused-ring (bicyclic) bond motifs is 2. The number of Topliss-reactive ketones (excluding diaryl/α,β-unsaturated/α-hetero) is 1. The minimum Gasteiger partial charge on any atom is -0.508 e. The molecule has 5 rings (SSSR count). The highest BCUT2D eigenvalue weighted by molar-refractivity contribution is 6.05. The minimum atomic E-state index is -1.64. The van der Waals surface area contributed by atoms with Gasteiger partial charge in [0.15, 0.2) is 47.4 Å². The number of phenolic OH excluding ortho intramolecular Hbond substituents is 4. The van der Waals surface area contributed by atoms with Gasteiger partial charge in [-0.15, -0.1) is 0 Å². The number of carbonyl (C=O) groups excluding carboxylic acids is 1. The Bertz CT molecular complexity index is 1290. The summed E-state index contributed by atoms with van der Waals surface area (Å²) in [7, 11) is 0. The summed E-state index contributed by atoms with van der Waals surface area (Å²) in [6, 6.07) is 10.8. The van der Waals surface area contributed by atoms with Crippen molar-refractivity contribution in [1.82, 2.24) is 0 Å². The number of aliphatic hydroxyl groups excluding tert-OH is 2. The van der Waals surface area contributed by atoms with Gasteiger partial charge in [0.05, 0.1) is 6.61 Å². The Kier molecular flexibility index (Phi) is 5.11. The lowest BCUT2D eigenvalue weighted by Gasteiger charge is -2.35. The number of phenols is 4. The number of hydrogen-bond donors (Lipinski definition) is 6. The lowest BCUT2D eigenvalue weighted by atomic mass is 9.92. The fourth-order valence-electron chi connectivity index (χ4n) is 4.13. The molecule has 0 radical (unpaired) electrons. The van der Waals surface area contributed by atoms with Crippen molar-refractivity contribution in [2.75, 3.05) is 6.61 Å². The maximum atomic E-state index is 12.7. The first kappa shape index (κ1) is 21.7. The summed E-state index contributed by atoms with van der Waals surface area (Å²) >= 11 is 0. The average Bonchev–Trinajstić information content (AvgIpc) is 2.81. The van der Waals surface area contributed by atoms with E-state index in [9.17, 15) is 35.4 Å². The van der Waals surface area contributed by atoms with E-state index in [1.54, 1.807) is 6.07 Å². The summed E-state index contributed by atoms with van der Waals surface area (Å²) in [5, 5.41) is 59.6. The Morgan fingerprint density at radius 1 is 0.706 bits per heavy atom. The molecule has 10 heteroatoms. The zero-order valence-electron chi connectivity index (χ0n) is 17.5. The van der Waals surface area contributed by atoms with Crippen LogP contribution in [0.4, 0.5) is 0 Å². The third-order valence-corrected chi connectivity index (χ3v) is 5.80. The van der Waals surface area contributed by atoms with E-state index in [-0.39, 0.29) is 34.3 Å². The van der Waals surface area contributed by atoms with Gasteiger partial charge < -0.3 is 44.8 Å². The Balaban J connectivity index is 1.50. The van der Waals surface area contributed by atoms with E-state index in [2.05, 4.69) is 0 Å². The fraction of sp³-hybridized carbons (Fsp3) is 0.208. The van der Waals surface area contributed by atoms with Gasteiger partial charge in [-0.25, -0.2) is 0 Å². The van der Waals surface area contributed by atoms with Crippen LogP contribution in [0, 0.1) is 0 Å². The number of rotatable bonds is 3. The first-order chi connectivity index (χ1) is 16.3. The standard InChI is InChI=1S/C24H20O10/c25-9-19-23(10-1-3-13(27)14(28)5-10)33-17-6-11(2-4-16(17)32-19)24-22(31)21(30)20-15(29)7-12(26)8-18(20)34-24/h1-8,19,22-29,31H,9H2. The molecule has 4 unspecified atom stereocenters. The molecule has 0 spiro atoms. The zero-order chi connectivity index (χ0) is 24.1. The van der Waals surface area contributed by atoms with Crippen molar-refractivity contribution in [3.05, 3.63) is 65.2 Å². The van der Waals surface area contributed by atoms with Crippen LogP contribution in [-0.2, 0) is 0 Å². The molecule has 0 amide bonds. The van der Waals surface area contributed by atoms with Gasteiger partial charge in [-0.2, -0.15) is 0 Å². The van der Waals surface area contributed by atoms with Crippen LogP contribution < -0.4 is 14.2 Å². The van der Waals surface area contributed by atoms with Crippen LogP contribution in [0.1, 0.15) is 33.7 Å². The first-order valence-corrected chi connectivity index (χ1v) is 10.3. The largest absolute Gasteiger partial charge is 0.508 e. The first-order valence-electron chi connectivity index (χ1n) is 10.3. The average molecular weight is 468 g/mol. The Hall–Kier alpha value is -4.15. The molecule has 2 heterocycles. The molecule has 10 nitrogen and oxygen atoms in total. The van der Waals surface area contributed by atoms with Gasteiger partial charge in [0.1, 0.15) is 22.8 Å². The number of carbonyl (C=O) groups is 1. The number of hydrogen-bond acceptors (Lipinski definition) is 10. The predicted molar refractivity (Wildman–Crippen MR) is 115 cm³/mol. The second-order valence-corrected chi connectivity index (χ2v) is 8.02. The molecule has 4 atom stereocenters. The number of aliphatic hydroxyl groups is 2. The smallest absolute Gasteiger partial charge is 0.202 e. The van der Waals surface area contributed by atoms with Crippen molar-refractivity contribution < 1.29 is 49.6 Å². The van der Waals surface area contributed by atoms with Crippen molar-refractivity contribution in [3.8, 4) is 40.2 Å². The van der Waals surface area contributed by atoms with Gasteiger partial charge in [0.25, 0.3) is 0 Å². The van der Waals surface area contributed by atoms with E-state index in [1.807, 2.05) is 0 Å². The quantitative estimate of drug-likeness (QED) is 0.313. The summed E-state index contributed by atoms with van der Waals surface area (Å²) in [5.74, 6) is -1.80. The highest BCUT2D eigenvalue weighted by Gasteiger charge is 2.40. The molecule has 176 valence electrons. The molecule has 3 aromatic rings. The summed E-state index contributed by atoms with van der Waals surface area (Å²) in [6.07, 6.45) is -4.45. The van der Waals surface area contributed by atoms with E-state index < -0.39 is 42.6 Å². The summed E-state index contributed by atoms with van der Waals surface area (Å²) in [6.45, 7) is -0.393. The van der Waals surface area contributed by atoms with Crippen LogP contribution in [0.3, 0.4) is 0 Å². The molecule has 34 heavy (non-hydrogen) atoms. The molecule has 2 aliphatic rings. The monoisotopic (exact) mass is 468 g/mol. The molecule has 6 N–H and O–H groups in total. The summed E-state index contributed by atoms with van der Waals surface area (Å²) in [5.41, 5.74) is 0.568. The van der Waals surface area contributed by atoms with E-state index in [1.165, 1.54) is 36.4 Å². The maximum absolute atomic E-state index is 12.7. The predicted octanol–water partition coefficient (Wildman–Crippen LogP) is 2.06. The molecule has 3 aromatic carbocycles. The maximum Gasteiger partial charge on any atom is 0.202 e. The van der Waals surface area contributed by atoms with Crippen LogP contribution in [0.15, 0.2) is 48.5 Å². The molecule has 0 aromatic heterocycles. The van der Waals surface area contributed by atoms with Crippen LogP contribution >= 0.6 is 0 Å². The van der Waals surface area contributed by atoms with Crippen LogP contribution in [0.25, 0.3) is 0 Å². The molecule has 0 bridgehead atoms. The second-order valence-electron chi connectivity index (χ2n) is 8.02. The van der Waals surface area contributed by atoms with Crippen molar-refractivity contribution in [3.63, 3.8) is 0 Å². The van der Waals surface area contributed by atoms with E-state index in [0.717, 1.165) is 6.07 Å². The van der Waals surface area contributed by atoms with E-state index in [0.29, 0.717) is 16.9 Å². The molecule has 0 saturated heterocycles. The number of benzene rings is 3. The molecule has 0 fully saturated rings. The number of ether oxygens (including phenoxy) is 3. The van der Waals surface area contributed by atoms with Gasteiger partial charge in [0, 0.05) is 17.7 Å². The fourth-order valence-corrected chi connectivity index (χ4v) is 4.13. The highest BCUT2D eigenvalue weighted by atomic mass is 16.6. The molecule has 2 aliphatic heterocycles. The van der Waals surface area contributed by atoms with Gasteiger partial charge in [-0.05, 0) is 29.8 Å². The normalized spacial score (nSPS) is 23.2. The van der Waals surface area contributed by atoms with Crippen LogP contribution in [0.2, 0.25) is 0 Å². The lowest BCUT2D eigenvalue weighted by Crippen LogP contribution is -2.37. The van der Waals surface area contributed by atoms with Crippen molar-refractivity contribution in [1.29, 1.82) is 0 Å².